The zero-order valence-corrected chi connectivity index (χ0v) is 11.1. The van der Waals surface area contributed by atoms with Gasteiger partial charge in [0.25, 0.3) is 0 Å². The third-order valence-electron chi connectivity index (χ3n) is 3.94. The Kier molecular flexibility index (Phi) is 4.50. The Labute approximate surface area is 98.0 Å². The lowest BCUT2D eigenvalue weighted by Crippen LogP contribution is -2.43. The summed E-state index contributed by atoms with van der Waals surface area (Å²) in [6.07, 6.45) is 3.02. The van der Waals surface area contributed by atoms with E-state index in [1.807, 2.05) is 11.8 Å². The van der Waals surface area contributed by atoms with Crippen molar-refractivity contribution in [1.29, 1.82) is 0 Å². The van der Waals surface area contributed by atoms with Gasteiger partial charge >= 0.3 is 0 Å². The maximum Gasteiger partial charge on any atom is 0.0659 e. The van der Waals surface area contributed by atoms with Crippen molar-refractivity contribution in [2.45, 2.75) is 46.1 Å². The summed E-state index contributed by atoms with van der Waals surface area (Å²) in [5, 5.41) is 10.4. The summed E-state index contributed by atoms with van der Waals surface area (Å²) < 4.78 is 0. The fraction of sp³-hybridized carbons (Fsp3) is 1.00. The average molecular weight is 231 g/mol. The highest BCUT2D eigenvalue weighted by Crippen LogP contribution is 2.50. The standard InChI is InChI=1S/C12H25NOS/c1-4-15-8-7-12(9-13)6-5-11(2,3)10(12)14/h10,14H,4-9,13H2,1-3H3. The smallest absolute Gasteiger partial charge is 0.0659 e. The van der Waals surface area contributed by atoms with E-state index in [1.54, 1.807) is 0 Å². The van der Waals surface area contributed by atoms with Crippen molar-refractivity contribution in [2.75, 3.05) is 18.1 Å². The highest BCUT2D eigenvalue weighted by molar-refractivity contribution is 7.99. The summed E-state index contributed by atoms with van der Waals surface area (Å²) >= 11 is 1.94. The van der Waals surface area contributed by atoms with Gasteiger partial charge in [-0.1, -0.05) is 20.8 Å². The Morgan fingerprint density at radius 2 is 2.07 bits per heavy atom. The molecule has 1 fully saturated rings. The molecule has 1 aliphatic rings. The second-order valence-corrected chi connectivity index (χ2v) is 6.80. The van der Waals surface area contributed by atoms with Gasteiger partial charge in [0.15, 0.2) is 0 Å². The van der Waals surface area contributed by atoms with Crippen molar-refractivity contribution in [2.24, 2.45) is 16.6 Å². The molecule has 0 aromatic heterocycles. The third kappa shape index (κ3) is 2.69. The van der Waals surface area contributed by atoms with Crippen LogP contribution in [0.3, 0.4) is 0 Å². The normalized spacial score (nSPS) is 34.6. The van der Waals surface area contributed by atoms with E-state index in [-0.39, 0.29) is 16.9 Å². The molecule has 2 unspecified atom stereocenters. The van der Waals surface area contributed by atoms with E-state index >= 15 is 0 Å². The van der Waals surface area contributed by atoms with Crippen molar-refractivity contribution in [3.05, 3.63) is 0 Å². The van der Waals surface area contributed by atoms with Crippen LogP contribution in [-0.4, -0.2) is 29.3 Å². The largest absolute Gasteiger partial charge is 0.392 e. The van der Waals surface area contributed by atoms with Gasteiger partial charge in [0.2, 0.25) is 0 Å². The van der Waals surface area contributed by atoms with Gasteiger partial charge in [-0.2, -0.15) is 11.8 Å². The fourth-order valence-electron chi connectivity index (χ4n) is 2.67. The Hall–Kier alpha value is 0.270. The molecule has 0 amide bonds. The highest BCUT2D eigenvalue weighted by Gasteiger charge is 2.50. The first kappa shape index (κ1) is 13.3. The minimum atomic E-state index is -0.229. The molecule has 0 aliphatic heterocycles. The number of rotatable bonds is 5. The molecular weight excluding hydrogens is 206 g/mol. The topological polar surface area (TPSA) is 46.2 Å². The molecule has 0 aromatic carbocycles. The number of hydrogen-bond acceptors (Lipinski definition) is 3. The van der Waals surface area contributed by atoms with Crippen LogP contribution in [0.2, 0.25) is 0 Å². The minimum absolute atomic E-state index is 0.00826. The molecule has 3 N–H and O–H groups in total. The number of nitrogens with two attached hydrogens (primary N) is 1. The van der Waals surface area contributed by atoms with Crippen LogP contribution in [0.5, 0.6) is 0 Å². The molecule has 1 saturated carbocycles. The molecule has 0 heterocycles. The van der Waals surface area contributed by atoms with Crippen LogP contribution in [-0.2, 0) is 0 Å². The molecule has 15 heavy (non-hydrogen) atoms. The molecule has 0 spiro atoms. The maximum atomic E-state index is 10.4. The number of hydrogen-bond donors (Lipinski definition) is 2. The van der Waals surface area contributed by atoms with Gasteiger partial charge in [-0.15, -0.1) is 0 Å². The zero-order chi connectivity index (χ0) is 11.5. The lowest BCUT2D eigenvalue weighted by Gasteiger charge is -2.35. The maximum absolute atomic E-state index is 10.4. The quantitative estimate of drug-likeness (QED) is 0.713. The Morgan fingerprint density at radius 1 is 1.40 bits per heavy atom. The molecule has 1 aliphatic carbocycles. The van der Waals surface area contributed by atoms with E-state index in [1.165, 1.54) is 0 Å². The first-order valence-electron chi connectivity index (χ1n) is 5.94. The van der Waals surface area contributed by atoms with Crippen molar-refractivity contribution >= 4 is 11.8 Å². The van der Waals surface area contributed by atoms with Crippen LogP contribution >= 0.6 is 11.8 Å². The summed E-state index contributed by atoms with van der Waals surface area (Å²) in [6, 6.07) is 0. The van der Waals surface area contributed by atoms with Gasteiger partial charge in [-0.25, -0.2) is 0 Å². The van der Waals surface area contributed by atoms with E-state index in [0.29, 0.717) is 6.54 Å². The molecule has 0 bridgehead atoms. The average Bonchev–Trinajstić information content (AvgIpc) is 2.43. The first-order chi connectivity index (χ1) is 6.98. The Morgan fingerprint density at radius 3 is 2.47 bits per heavy atom. The van der Waals surface area contributed by atoms with Crippen molar-refractivity contribution in [1.82, 2.24) is 0 Å². The lowest BCUT2D eigenvalue weighted by atomic mass is 9.76. The monoisotopic (exact) mass is 231 g/mol. The van der Waals surface area contributed by atoms with E-state index in [4.69, 9.17) is 5.73 Å². The predicted molar refractivity (Wildman–Crippen MR) is 68.1 cm³/mol. The molecule has 1 rings (SSSR count). The molecule has 0 saturated heterocycles. The molecule has 0 aromatic rings. The van der Waals surface area contributed by atoms with Crippen LogP contribution in [0, 0.1) is 10.8 Å². The Bertz CT molecular complexity index is 208. The zero-order valence-electron chi connectivity index (χ0n) is 10.3. The first-order valence-corrected chi connectivity index (χ1v) is 7.10. The fourth-order valence-corrected chi connectivity index (χ4v) is 3.51. The summed E-state index contributed by atoms with van der Waals surface area (Å²) in [5.41, 5.74) is 5.94. The Balaban J connectivity index is 2.61. The van der Waals surface area contributed by atoms with Crippen LogP contribution < -0.4 is 5.73 Å². The second-order valence-electron chi connectivity index (χ2n) is 5.40. The molecule has 90 valence electrons. The van der Waals surface area contributed by atoms with E-state index in [0.717, 1.165) is 30.8 Å². The van der Waals surface area contributed by atoms with Gasteiger partial charge in [-0.05, 0) is 36.2 Å². The van der Waals surface area contributed by atoms with Gasteiger partial charge in [0.1, 0.15) is 0 Å². The predicted octanol–water partition coefficient (Wildman–Crippen LogP) is 2.26. The van der Waals surface area contributed by atoms with Crippen LogP contribution in [0.1, 0.15) is 40.0 Å². The molecule has 2 nitrogen and oxygen atoms in total. The van der Waals surface area contributed by atoms with E-state index < -0.39 is 0 Å². The summed E-state index contributed by atoms with van der Waals surface area (Å²) in [6.45, 7) is 7.11. The van der Waals surface area contributed by atoms with Gasteiger partial charge < -0.3 is 10.8 Å². The van der Waals surface area contributed by atoms with Crippen molar-refractivity contribution in [3.63, 3.8) is 0 Å². The minimum Gasteiger partial charge on any atom is -0.392 e. The van der Waals surface area contributed by atoms with Gasteiger partial charge in [0.05, 0.1) is 6.10 Å². The number of thioether (sulfide) groups is 1. The molecule has 0 radical (unpaired) electrons. The summed E-state index contributed by atoms with van der Waals surface area (Å²) in [7, 11) is 0. The van der Waals surface area contributed by atoms with Crippen molar-refractivity contribution < 1.29 is 5.11 Å². The van der Waals surface area contributed by atoms with E-state index in [9.17, 15) is 5.11 Å². The highest BCUT2D eigenvalue weighted by atomic mass is 32.2. The number of aliphatic hydroxyl groups excluding tert-OH is 1. The third-order valence-corrected chi connectivity index (χ3v) is 4.84. The molecular formula is C12H25NOS. The van der Waals surface area contributed by atoms with Crippen molar-refractivity contribution in [3.8, 4) is 0 Å². The van der Waals surface area contributed by atoms with Gasteiger partial charge in [-0.3, -0.25) is 0 Å². The molecule has 2 atom stereocenters. The second kappa shape index (κ2) is 5.07. The van der Waals surface area contributed by atoms with Crippen LogP contribution in [0.4, 0.5) is 0 Å². The number of aliphatic hydroxyl groups is 1. The molecule has 3 heteroatoms. The summed E-state index contributed by atoms with van der Waals surface area (Å²) in [4.78, 5) is 0. The summed E-state index contributed by atoms with van der Waals surface area (Å²) in [5.74, 6) is 2.28. The van der Waals surface area contributed by atoms with Crippen LogP contribution in [0.15, 0.2) is 0 Å². The lowest BCUT2D eigenvalue weighted by molar-refractivity contribution is -0.00607. The SMILES string of the molecule is CCSCCC1(CN)CCC(C)(C)C1O. The van der Waals surface area contributed by atoms with Crippen LogP contribution in [0.25, 0.3) is 0 Å². The van der Waals surface area contributed by atoms with Gasteiger partial charge in [0, 0.05) is 12.0 Å². The van der Waals surface area contributed by atoms with E-state index in [2.05, 4.69) is 20.8 Å².